The number of nitrogens with one attached hydrogen (secondary N) is 2. The van der Waals surface area contributed by atoms with Crippen LogP contribution in [0.4, 0.5) is 5.69 Å². The fraction of sp³-hybridized carbons (Fsp3) is 0.333. The molecule has 23 heavy (non-hydrogen) atoms. The Balaban J connectivity index is 1.81. The highest BCUT2D eigenvalue weighted by Crippen LogP contribution is 2.18. The van der Waals surface area contributed by atoms with Gasteiger partial charge in [-0.3, -0.25) is 9.59 Å². The smallest absolute Gasteiger partial charge is 0.286 e. The molecule has 0 aliphatic carbocycles. The lowest BCUT2D eigenvalue weighted by Crippen LogP contribution is -2.31. The van der Waals surface area contributed by atoms with Crippen molar-refractivity contribution in [1.82, 2.24) is 15.5 Å². The molecule has 2 amide bonds. The van der Waals surface area contributed by atoms with Crippen LogP contribution < -0.4 is 10.6 Å². The number of benzene rings is 1. The molecular weight excluding hydrogens is 332 g/mol. The van der Waals surface area contributed by atoms with Crippen molar-refractivity contribution in [2.24, 2.45) is 0 Å². The van der Waals surface area contributed by atoms with Crippen molar-refractivity contribution in [3.8, 4) is 0 Å². The highest BCUT2D eigenvalue weighted by Gasteiger charge is 2.13. The number of amides is 2. The zero-order valence-corrected chi connectivity index (χ0v) is 14.5. The van der Waals surface area contributed by atoms with Gasteiger partial charge in [0.2, 0.25) is 10.9 Å². The molecule has 0 saturated heterocycles. The molecule has 122 valence electrons. The summed E-state index contributed by atoms with van der Waals surface area (Å²) in [6.45, 7) is 3.84. The number of nitrogens with zero attached hydrogens (tertiary/aromatic N) is 2. The Kier molecular flexibility index (Phi) is 6.54. The predicted molar refractivity (Wildman–Crippen MR) is 93.7 cm³/mol. The fourth-order valence-corrected chi connectivity index (χ4v) is 3.32. The normalized spacial score (nSPS) is 10.6. The molecule has 0 aliphatic heterocycles. The number of para-hydroxylation sites is 1. The third-order valence-corrected chi connectivity index (χ3v) is 4.65. The quantitative estimate of drug-likeness (QED) is 0.802. The number of carbonyl (C=O) groups excluding carboxylic acids is 2. The summed E-state index contributed by atoms with van der Waals surface area (Å²) in [4.78, 5) is 23.6. The van der Waals surface area contributed by atoms with Gasteiger partial charge in [-0.2, -0.15) is 0 Å². The minimum absolute atomic E-state index is 0.00319. The molecule has 0 aliphatic rings. The van der Waals surface area contributed by atoms with Gasteiger partial charge in [0.15, 0.2) is 0 Å². The van der Waals surface area contributed by atoms with Crippen molar-refractivity contribution in [2.75, 3.05) is 11.1 Å². The van der Waals surface area contributed by atoms with E-state index < -0.39 is 0 Å². The molecule has 0 fully saturated rings. The van der Waals surface area contributed by atoms with E-state index in [4.69, 9.17) is 0 Å². The number of rotatable bonds is 7. The molecule has 1 heterocycles. The topological polar surface area (TPSA) is 84.0 Å². The SMILES string of the molecule is CC(C)NC(=O)CSCc1nnc(C(=O)Nc2ccccc2)s1. The molecule has 0 unspecified atom stereocenters. The summed E-state index contributed by atoms with van der Waals surface area (Å²) in [5.41, 5.74) is 0.717. The first-order valence-electron chi connectivity index (χ1n) is 7.10. The van der Waals surface area contributed by atoms with Gasteiger partial charge in [0, 0.05) is 17.5 Å². The van der Waals surface area contributed by atoms with Gasteiger partial charge in [-0.15, -0.1) is 22.0 Å². The molecule has 0 atom stereocenters. The number of thioether (sulfide) groups is 1. The van der Waals surface area contributed by atoms with Crippen molar-refractivity contribution in [3.63, 3.8) is 0 Å². The molecule has 1 aromatic heterocycles. The summed E-state index contributed by atoms with van der Waals surface area (Å²) in [6, 6.07) is 9.33. The van der Waals surface area contributed by atoms with E-state index >= 15 is 0 Å². The van der Waals surface area contributed by atoms with Crippen LogP contribution in [-0.4, -0.2) is 33.8 Å². The fourth-order valence-electron chi connectivity index (χ4n) is 1.70. The standard InChI is InChI=1S/C15H18N4O2S2/c1-10(2)16-12(20)8-22-9-13-18-19-15(23-13)14(21)17-11-6-4-3-5-7-11/h3-7,10H,8-9H2,1-2H3,(H,16,20)(H,17,21). The average Bonchev–Trinajstić information content (AvgIpc) is 2.96. The summed E-state index contributed by atoms with van der Waals surface area (Å²) in [7, 11) is 0. The van der Waals surface area contributed by atoms with Crippen molar-refractivity contribution < 1.29 is 9.59 Å². The Morgan fingerprint density at radius 2 is 1.96 bits per heavy atom. The van der Waals surface area contributed by atoms with E-state index in [2.05, 4.69) is 20.8 Å². The maximum Gasteiger partial charge on any atom is 0.286 e. The zero-order valence-electron chi connectivity index (χ0n) is 12.9. The molecule has 2 aromatic rings. The molecule has 2 rings (SSSR count). The van der Waals surface area contributed by atoms with Gasteiger partial charge in [0.25, 0.3) is 5.91 Å². The van der Waals surface area contributed by atoms with Gasteiger partial charge in [-0.1, -0.05) is 29.5 Å². The Hall–Kier alpha value is -1.93. The Morgan fingerprint density at radius 1 is 1.22 bits per heavy atom. The van der Waals surface area contributed by atoms with Crippen molar-refractivity contribution >= 4 is 40.6 Å². The third kappa shape index (κ3) is 5.99. The van der Waals surface area contributed by atoms with Gasteiger partial charge in [-0.05, 0) is 26.0 Å². The van der Waals surface area contributed by atoms with E-state index in [0.717, 1.165) is 5.01 Å². The first-order chi connectivity index (χ1) is 11.0. The highest BCUT2D eigenvalue weighted by atomic mass is 32.2. The highest BCUT2D eigenvalue weighted by molar-refractivity contribution is 7.99. The molecule has 0 spiro atoms. The molecule has 0 radical (unpaired) electrons. The van der Waals surface area contributed by atoms with Crippen LogP contribution in [-0.2, 0) is 10.5 Å². The second-order valence-electron chi connectivity index (χ2n) is 5.04. The van der Waals surface area contributed by atoms with E-state index in [1.807, 2.05) is 44.2 Å². The minimum atomic E-state index is -0.275. The monoisotopic (exact) mass is 350 g/mol. The molecule has 2 N–H and O–H groups in total. The van der Waals surface area contributed by atoms with E-state index in [9.17, 15) is 9.59 Å². The predicted octanol–water partition coefficient (Wildman–Crippen LogP) is 2.55. The van der Waals surface area contributed by atoms with Crippen LogP contribution in [0, 0.1) is 0 Å². The molecule has 1 aromatic carbocycles. The van der Waals surface area contributed by atoms with Crippen LogP contribution in [0.2, 0.25) is 0 Å². The van der Waals surface area contributed by atoms with Gasteiger partial charge < -0.3 is 10.6 Å². The van der Waals surface area contributed by atoms with E-state index in [-0.39, 0.29) is 17.9 Å². The summed E-state index contributed by atoms with van der Waals surface area (Å²) < 4.78 is 0. The largest absolute Gasteiger partial charge is 0.353 e. The number of carbonyl (C=O) groups is 2. The number of hydrogen-bond acceptors (Lipinski definition) is 6. The number of aromatic nitrogens is 2. The number of hydrogen-bond donors (Lipinski definition) is 2. The first kappa shape index (κ1) is 17.4. The lowest BCUT2D eigenvalue weighted by molar-refractivity contribution is -0.119. The van der Waals surface area contributed by atoms with E-state index in [0.29, 0.717) is 22.2 Å². The second kappa shape index (κ2) is 8.64. The van der Waals surface area contributed by atoms with Crippen LogP contribution in [0.3, 0.4) is 0 Å². The maximum atomic E-state index is 12.1. The van der Waals surface area contributed by atoms with Crippen LogP contribution in [0.5, 0.6) is 0 Å². The maximum absolute atomic E-state index is 12.1. The average molecular weight is 350 g/mol. The molecule has 6 nitrogen and oxygen atoms in total. The van der Waals surface area contributed by atoms with Gasteiger partial charge in [0.05, 0.1) is 5.75 Å². The third-order valence-electron chi connectivity index (χ3n) is 2.60. The summed E-state index contributed by atoms with van der Waals surface area (Å²) in [6.07, 6.45) is 0. The van der Waals surface area contributed by atoms with Gasteiger partial charge in [0.1, 0.15) is 5.01 Å². The summed E-state index contributed by atoms with van der Waals surface area (Å²) in [5.74, 6) is 0.643. The number of anilines is 1. The van der Waals surface area contributed by atoms with Crippen LogP contribution >= 0.6 is 23.1 Å². The summed E-state index contributed by atoms with van der Waals surface area (Å²) in [5, 5.41) is 14.5. The van der Waals surface area contributed by atoms with Crippen LogP contribution in [0.25, 0.3) is 0 Å². The Morgan fingerprint density at radius 3 is 2.65 bits per heavy atom. The zero-order chi connectivity index (χ0) is 16.7. The molecular formula is C15H18N4O2S2. The molecule has 8 heteroatoms. The van der Waals surface area contributed by atoms with E-state index in [1.54, 1.807) is 0 Å². The van der Waals surface area contributed by atoms with Crippen LogP contribution in [0.1, 0.15) is 28.7 Å². The first-order valence-corrected chi connectivity index (χ1v) is 9.07. The molecule has 0 saturated carbocycles. The van der Waals surface area contributed by atoms with E-state index in [1.165, 1.54) is 23.1 Å². The van der Waals surface area contributed by atoms with Crippen molar-refractivity contribution in [1.29, 1.82) is 0 Å². The Bertz CT molecular complexity index is 659. The van der Waals surface area contributed by atoms with Crippen molar-refractivity contribution in [2.45, 2.75) is 25.6 Å². The molecule has 0 bridgehead atoms. The van der Waals surface area contributed by atoms with Crippen LogP contribution in [0.15, 0.2) is 30.3 Å². The Labute approximate surface area is 143 Å². The second-order valence-corrected chi connectivity index (χ2v) is 7.08. The lowest BCUT2D eigenvalue weighted by atomic mass is 10.3. The lowest BCUT2D eigenvalue weighted by Gasteiger charge is -2.06. The minimum Gasteiger partial charge on any atom is -0.353 e. The van der Waals surface area contributed by atoms with Crippen molar-refractivity contribution in [3.05, 3.63) is 40.3 Å². The van der Waals surface area contributed by atoms with Gasteiger partial charge >= 0.3 is 0 Å². The summed E-state index contributed by atoms with van der Waals surface area (Å²) >= 11 is 2.69. The van der Waals surface area contributed by atoms with Gasteiger partial charge in [-0.25, -0.2) is 0 Å².